The Morgan fingerprint density at radius 3 is 2.38 bits per heavy atom. The second kappa shape index (κ2) is 10.2. The molecule has 3 N–H and O–H groups in total. The quantitative estimate of drug-likeness (QED) is 0.414. The summed E-state index contributed by atoms with van der Waals surface area (Å²) >= 11 is 0. The van der Waals surface area contributed by atoms with E-state index in [-0.39, 0.29) is 36.4 Å². The van der Waals surface area contributed by atoms with E-state index in [0.717, 1.165) is 32.1 Å². The maximum atomic E-state index is 12.3. The molecule has 0 spiro atoms. The van der Waals surface area contributed by atoms with Crippen LogP contribution in [0, 0.1) is 17.8 Å². The van der Waals surface area contributed by atoms with Crippen molar-refractivity contribution in [2.75, 3.05) is 0 Å². The van der Waals surface area contributed by atoms with Gasteiger partial charge in [0.05, 0.1) is 12.2 Å². The predicted molar refractivity (Wildman–Crippen MR) is 110 cm³/mol. The number of aliphatic carboxylic acids is 1. The number of benzene rings is 1. The number of rotatable bonds is 10. The third-order valence-corrected chi connectivity index (χ3v) is 6.48. The van der Waals surface area contributed by atoms with E-state index >= 15 is 0 Å². The molecule has 3 rings (SSSR count). The molecule has 0 aliphatic heterocycles. The maximum absolute atomic E-state index is 12.3. The molecule has 1 saturated carbocycles. The molecule has 0 aromatic heterocycles. The van der Waals surface area contributed by atoms with E-state index < -0.39 is 18.2 Å². The van der Waals surface area contributed by atoms with Crippen molar-refractivity contribution in [3.8, 4) is 0 Å². The van der Waals surface area contributed by atoms with Crippen molar-refractivity contribution in [3.63, 3.8) is 0 Å². The highest BCUT2D eigenvalue weighted by atomic mass is 16.4. The predicted octanol–water partition coefficient (Wildman–Crippen LogP) is 3.31. The van der Waals surface area contributed by atoms with Gasteiger partial charge in [-0.25, -0.2) is 0 Å². The molecule has 158 valence electrons. The first kappa shape index (κ1) is 21.7. The second-order valence-corrected chi connectivity index (χ2v) is 8.58. The number of carboxylic acid groups (broad SMARTS) is 1. The van der Waals surface area contributed by atoms with Gasteiger partial charge in [-0.15, -0.1) is 0 Å². The molecule has 1 unspecified atom stereocenters. The number of ketones is 1. The lowest BCUT2D eigenvalue weighted by Gasteiger charge is -2.19. The second-order valence-electron chi connectivity index (χ2n) is 8.58. The number of carbonyl (C=O) groups is 2. The number of carbonyl (C=O) groups excluding carboxylic acids is 1. The van der Waals surface area contributed by atoms with Crippen LogP contribution in [0.5, 0.6) is 0 Å². The van der Waals surface area contributed by atoms with Crippen molar-refractivity contribution in [2.24, 2.45) is 17.8 Å². The van der Waals surface area contributed by atoms with Crippen molar-refractivity contribution in [2.45, 2.75) is 70.0 Å². The largest absolute Gasteiger partial charge is 0.481 e. The molecule has 2 aliphatic carbocycles. The highest BCUT2D eigenvalue weighted by Crippen LogP contribution is 2.35. The standard InChI is InChI=1S/C24H32O5/c25-21(18-13-16-7-5-6-8-17(16)14-18)12-11-20-19(22(26)15-23(20)27)9-3-1-2-4-10-24(28)29/h5-8,11-12,18-21,23,25,27H,1-4,9-10,13-15H2,(H,28,29)/t19-,20-,21?,23-/m1/s1. The smallest absolute Gasteiger partial charge is 0.303 e. The molecule has 2 aliphatic rings. The molecule has 1 aromatic carbocycles. The molecular formula is C24H32O5. The van der Waals surface area contributed by atoms with Crippen LogP contribution in [0.3, 0.4) is 0 Å². The average Bonchev–Trinajstić information content (AvgIpc) is 3.23. The molecule has 5 nitrogen and oxygen atoms in total. The average molecular weight is 401 g/mol. The minimum atomic E-state index is -0.770. The van der Waals surface area contributed by atoms with E-state index in [1.165, 1.54) is 11.1 Å². The van der Waals surface area contributed by atoms with E-state index in [1.807, 2.05) is 18.2 Å². The topological polar surface area (TPSA) is 94.8 Å². The highest BCUT2D eigenvalue weighted by Gasteiger charge is 2.39. The summed E-state index contributed by atoms with van der Waals surface area (Å²) < 4.78 is 0. The number of Topliss-reactive ketones (excluding diaryl/α,β-unsaturated/α-hetero) is 1. The molecule has 5 heteroatoms. The van der Waals surface area contributed by atoms with Gasteiger partial charge in [-0.05, 0) is 42.7 Å². The molecule has 0 radical (unpaired) electrons. The van der Waals surface area contributed by atoms with Crippen LogP contribution in [0.25, 0.3) is 0 Å². The first-order valence-electron chi connectivity index (χ1n) is 10.8. The van der Waals surface area contributed by atoms with Gasteiger partial charge >= 0.3 is 5.97 Å². The number of fused-ring (bicyclic) bond motifs is 1. The number of carboxylic acids is 1. The Bertz CT molecular complexity index is 716. The number of aliphatic hydroxyl groups is 2. The maximum Gasteiger partial charge on any atom is 0.303 e. The summed E-state index contributed by atoms with van der Waals surface area (Å²) in [4.78, 5) is 22.9. The molecule has 0 amide bonds. The lowest BCUT2D eigenvalue weighted by Crippen LogP contribution is -2.22. The molecule has 0 saturated heterocycles. The minimum absolute atomic E-state index is 0.0976. The number of unbranched alkanes of at least 4 members (excludes halogenated alkanes) is 3. The Kier molecular flexibility index (Phi) is 7.62. The van der Waals surface area contributed by atoms with Gasteiger partial charge < -0.3 is 15.3 Å². The monoisotopic (exact) mass is 400 g/mol. The van der Waals surface area contributed by atoms with E-state index in [2.05, 4.69) is 12.1 Å². The van der Waals surface area contributed by atoms with Crippen molar-refractivity contribution in [3.05, 3.63) is 47.5 Å². The molecular weight excluding hydrogens is 368 g/mol. The Morgan fingerprint density at radius 1 is 1.07 bits per heavy atom. The SMILES string of the molecule is O=C(O)CCCCCC[C@H]1C(=O)C[C@@H](O)[C@@H]1C=CC(O)C1Cc2ccccc2C1. The van der Waals surface area contributed by atoms with E-state index in [4.69, 9.17) is 5.11 Å². The third kappa shape index (κ3) is 5.77. The van der Waals surface area contributed by atoms with Gasteiger partial charge in [0.2, 0.25) is 0 Å². The van der Waals surface area contributed by atoms with Gasteiger partial charge in [-0.1, -0.05) is 55.7 Å². The molecule has 4 atom stereocenters. The van der Waals surface area contributed by atoms with Crippen LogP contribution >= 0.6 is 0 Å². The Labute approximate surface area is 172 Å². The summed E-state index contributed by atoms with van der Waals surface area (Å²) in [6.07, 6.45) is 8.43. The molecule has 1 aromatic rings. The van der Waals surface area contributed by atoms with Crippen LogP contribution in [0.1, 0.15) is 56.1 Å². The first-order chi connectivity index (χ1) is 14.0. The van der Waals surface area contributed by atoms with Crippen LogP contribution in [0.4, 0.5) is 0 Å². The van der Waals surface area contributed by atoms with E-state index in [1.54, 1.807) is 6.08 Å². The summed E-state index contributed by atoms with van der Waals surface area (Å²) in [7, 11) is 0. The van der Waals surface area contributed by atoms with Gasteiger partial charge in [0, 0.05) is 24.7 Å². The third-order valence-electron chi connectivity index (χ3n) is 6.48. The number of aliphatic hydroxyl groups excluding tert-OH is 2. The zero-order valence-corrected chi connectivity index (χ0v) is 16.9. The van der Waals surface area contributed by atoms with Crippen molar-refractivity contribution in [1.29, 1.82) is 0 Å². The lowest BCUT2D eigenvalue weighted by molar-refractivity contribution is -0.137. The van der Waals surface area contributed by atoms with Crippen LogP contribution < -0.4 is 0 Å². The fourth-order valence-corrected chi connectivity index (χ4v) is 4.82. The van der Waals surface area contributed by atoms with Crippen LogP contribution in [0.15, 0.2) is 36.4 Å². The van der Waals surface area contributed by atoms with Gasteiger partial charge in [-0.3, -0.25) is 9.59 Å². The summed E-state index contributed by atoms with van der Waals surface area (Å²) in [5.74, 6) is -0.965. The summed E-state index contributed by atoms with van der Waals surface area (Å²) in [6.45, 7) is 0. The summed E-state index contributed by atoms with van der Waals surface area (Å²) in [5, 5.41) is 29.6. The van der Waals surface area contributed by atoms with Crippen molar-refractivity contribution >= 4 is 11.8 Å². The van der Waals surface area contributed by atoms with Gasteiger partial charge in [0.1, 0.15) is 5.78 Å². The van der Waals surface area contributed by atoms with Gasteiger partial charge in [0.25, 0.3) is 0 Å². The van der Waals surface area contributed by atoms with Crippen LogP contribution in [-0.2, 0) is 22.4 Å². The van der Waals surface area contributed by atoms with Gasteiger partial charge in [0.15, 0.2) is 0 Å². The highest BCUT2D eigenvalue weighted by molar-refractivity contribution is 5.84. The fourth-order valence-electron chi connectivity index (χ4n) is 4.82. The number of hydrogen-bond acceptors (Lipinski definition) is 4. The first-order valence-corrected chi connectivity index (χ1v) is 10.8. The number of hydrogen-bond donors (Lipinski definition) is 3. The molecule has 1 fully saturated rings. The van der Waals surface area contributed by atoms with Gasteiger partial charge in [-0.2, -0.15) is 0 Å². The normalized spacial score (nSPS) is 25.6. The molecule has 29 heavy (non-hydrogen) atoms. The molecule has 0 heterocycles. The summed E-state index contributed by atoms with van der Waals surface area (Å²) in [6, 6.07) is 8.27. The minimum Gasteiger partial charge on any atom is -0.481 e. The van der Waals surface area contributed by atoms with Crippen LogP contribution in [-0.4, -0.2) is 39.3 Å². The van der Waals surface area contributed by atoms with Crippen molar-refractivity contribution in [1.82, 2.24) is 0 Å². The van der Waals surface area contributed by atoms with Crippen molar-refractivity contribution < 1.29 is 24.9 Å². The lowest BCUT2D eigenvalue weighted by atomic mass is 9.87. The molecule has 0 bridgehead atoms. The zero-order chi connectivity index (χ0) is 20.8. The Morgan fingerprint density at radius 2 is 1.72 bits per heavy atom. The van der Waals surface area contributed by atoms with E-state index in [9.17, 15) is 19.8 Å². The zero-order valence-electron chi connectivity index (χ0n) is 16.9. The summed E-state index contributed by atoms with van der Waals surface area (Å²) in [5.41, 5.74) is 2.59. The van der Waals surface area contributed by atoms with Crippen LogP contribution in [0.2, 0.25) is 0 Å². The Hall–Kier alpha value is -1.98. The Balaban J connectivity index is 1.49. The van der Waals surface area contributed by atoms with E-state index in [0.29, 0.717) is 12.8 Å². The fraction of sp³-hybridized carbons (Fsp3) is 0.583.